The van der Waals surface area contributed by atoms with Gasteiger partial charge in [0.1, 0.15) is 5.54 Å². The Morgan fingerprint density at radius 3 is 2.46 bits per heavy atom. The molecule has 2 heteroatoms. The summed E-state index contributed by atoms with van der Waals surface area (Å²) >= 11 is 0. The topological polar surface area (TPSA) is 29.1 Å². The lowest BCUT2D eigenvalue weighted by Crippen LogP contribution is -2.46. The van der Waals surface area contributed by atoms with Crippen LogP contribution in [0.25, 0.3) is 10.8 Å². The fourth-order valence-corrected chi connectivity index (χ4v) is 3.75. The van der Waals surface area contributed by atoms with Crippen LogP contribution in [0, 0.1) is 0 Å². The van der Waals surface area contributed by atoms with E-state index in [2.05, 4.69) is 42.2 Å². The molecule has 0 amide bonds. The molecular formula is C22H19NO. The molecule has 0 aliphatic heterocycles. The Morgan fingerprint density at radius 1 is 0.958 bits per heavy atom. The highest BCUT2D eigenvalue weighted by Gasteiger charge is 2.45. The number of carbonyl (C=O) groups excluding carboxylic acids is 1. The lowest BCUT2D eigenvalue weighted by molar-refractivity contribution is 0.0860. The van der Waals surface area contributed by atoms with Crippen LogP contribution >= 0.6 is 0 Å². The Morgan fingerprint density at radius 2 is 1.71 bits per heavy atom. The molecule has 0 radical (unpaired) electrons. The van der Waals surface area contributed by atoms with Crippen molar-refractivity contribution in [2.75, 3.05) is 0 Å². The Bertz CT molecular complexity index is 924. The first-order valence-corrected chi connectivity index (χ1v) is 8.23. The maximum Gasteiger partial charge on any atom is 0.188 e. The summed E-state index contributed by atoms with van der Waals surface area (Å²) in [6, 6.07) is 22.3. The number of Topliss-reactive ketones (excluding diaryl/α,β-unsaturated/α-hetero) is 1. The molecule has 1 atom stereocenters. The van der Waals surface area contributed by atoms with Crippen LogP contribution in [0.1, 0.15) is 27.9 Å². The summed E-state index contributed by atoms with van der Waals surface area (Å²) in [5.41, 5.74) is 2.32. The predicted molar refractivity (Wildman–Crippen MR) is 98.1 cm³/mol. The molecular weight excluding hydrogens is 294 g/mol. The smallest absolute Gasteiger partial charge is 0.188 e. The summed E-state index contributed by atoms with van der Waals surface area (Å²) in [6.45, 7) is 4.54. The molecule has 0 aromatic heterocycles. The summed E-state index contributed by atoms with van der Waals surface area (Å²) in [4.78, 5) is 13.3. The van der Waals surface area contributed by atoms with E-state index in [0.717, 1.165) is 27.5 Å². The first kappa shape index (κ1) is 14.9. The van der Waals surface area contributed by atoms with Gasteiger partial charge < -0.3 is 0 Å². The number of benzene rings is 3. The van der Waals surface area contributed by atoms with Crippen molar-refractivity contribution >= 4 is 16.6 Å². The first-order valence-electron chi connectivity index (χ1n) is 8.23. The van der Waals surface area contributed by atoms with Crippen molar-refractivity contribution in [3.8, 4) is 0 Å². The maximum absolute atomic E-state index is 13.3. The zero-order chi connectivity index (χ0) is 16.6. The van der Waals surface area contributed by atoms with Crippen LogP contribution in [0.3, 0.4) is 0 Å². The third-order valence-electron chi connectivity index (χ3n) is 4.88. The van der Waals surface area contributed by atoms with E-state index in [1.165, 1.54) is 0 Å². The van der Waals surface area contributed by atoms with E-state index >= 15 is 0 Å². The van der Waals surface area contributed by atoms with Crippen molar-refractivity contribution in [1.82, 2.24) is 5.32 Å². The van der Waals surface area contributed by atoms with Gasteiger partial charge >= 0.3 is 0 Å². The van der Waals surface area contributed by atoms with E-state index in [4.69, 9.17) is 0 Å². The van der Waals surface area contributed by atoms with Crippen molar-refractivity contribution in [2.45, 2.75) is 18.5 Å². The molecule has 1 aliphatic rings. The highest BCUT2D eigenvalue weighted by molar-refractivity contribution is 6.20. The quantitative estimate of drug-likeness (QED) is 0.698. The van der Waals surface area contributed by atoms with E-state index in [9.17, 15) is 4.79 Å². The summed E-state index contributed by atoms with van der Waals surface area (Å²) in [6.07, 6.45) is 2.41. The number of rotatable bonds is 5. The van der Waals surface area contributed by atoms with Crippen molar-refractivity contribution in [2.24, 2.45) is 0 Å². The lowest BCUT2D eigenvalue weighted by Gasteiger charge is -2.29. The molecule has 0 fully saturated rings. The van der Waals surface area contributed by atoms with Crippen LogP contribution in [0.15, 0.2) is 79.4 Å². The third-order valence-corrected chi connectivity index (χ3v) is 4.88. The van der Waals surface area contributed by atoms with Gasteiger partial charge in [-0.2, -0.15) is 0 Å². The van der Waals surface area contributed by atoms with Crippen molar-refractivity contribution in [3.05, 3.63) is 96.1 Å². The molecule has 2 nitrogen and oxygen atoms in total. The zero-order valence-electron chi connectivity index (χ0n) is 13.5. The van der Waals surface area contributed by atoms with Gasteiger partial charge in [-0.25, -0.2) is 0 Å². The van der Waals surface area contributed by atoms with Crippen LogP contribution in [0.5, 0.6) is 0 Å². The monoisotopic (exact) mass is 313 g/mol. The van der Waals surface area contributed by atoms with E-state index in [1.807, 2.05) is 42.5 Å². The summed E-state index contributed by atoms with van der Waals surface area (Å²) in [5.74, 6) is 0.144. The van der Waals surface area contributed by atoms with E-state index in [0.29, 0.717) is 13.0 Å². The molecule has 3 aromatic rings. The minimum atomic E-state index is -0.721. The van der Waals surface area contributed by atoms with Crippen LogP contribution in [-0.4, -0.2) is 5.78 Å². The first-order chi connectivity index (χ1) is 11.8. The Balaban J connectivity index is 1.82. The predicted octanol–water partition coefficient (Wildman–Crippen LogP) is 4.60. The number of hydrogen-bond donors (Lipinski definition) is 1. The number of hydrogen-bond acceptors (Lipinski definition) is 2. The Hall–Kier alpha value is -2.71. The van der Waals surface area contributed by atoms with Crippen molar-refractivity contribution in [1.29, 1.82) is 0 Å². The van der Waals surface area contributed by atoms with Crippen LogP contribution < -0.4 is 5.32 Å². The number of ketones is 1. The normalized spacial score (nSPS) is 18.9. The van der Waals surface area contributed by atoms with Gasteiger partial charge in [0.15, 0.2) is 5.78 Å². The van der Waals surface area contributed by atoms with Crippen LogP contribution in [0.2, 0.25) is 0 Å². The van der Waals surface area contributed by atoms with Crippen LogP contribution in [-0.2, 0) is 12.1 Å². The molecule has 4 rings (SSSR count). The van der Waals surface area contributed by atoms with Gasteiger partial charge in [0, 0.05) is 12.1 Å². The van der Waals surface area contributed by atoms with Crippen LogP contribution in [0.4, 0.5) is 0 Å². The second-order valence-corrected chi connectivity index (χ2v) is 6.28. The minimum Gasteiger partial charge on any atom is -0.297 e. The fourth-order valence-electron chi connectivity index (χ4n) is 3.75. The largest absolute Gasteiger partial charge is 0.297 e. The Kier molecular flexibility index (Phi) is 3.55. The van der Waals surface area contributed by atoms with Gasteiger partial charge in [-0.05, 0) is 28.3 Å². The summed E-state index contributed by atoms with van der Waals surface area (Å²) in [7, 11) is 0. The lowest BCUT2D eigenvalue weighted by atomic mass is 9.86. The highest BCUT2D eigenvalue weighted by atomic mass is 16.1. The second kappa shape index (κ2) is 5.73. The number of carbonyl (C=O) groups is 1. The minimum absolute atomic E-state index is 0.144. The molecule has 0 spiro atoms. The molecule has 24 heavy (non-hydrogen) atoms. The molecule has 3 aromatic carbocycles. The van der Waals surface area contributed by atoms with Gasteiger partial charge in [0.05, 0.1) is 0 Å². The molecule has 0 bridgehead atoms. The molecule has 0 saturated carbocycles. The van der Waals surface area contributed by atoms with E-state index in [1.54, 1.807) is 0 Å². The van der Waals surface area contributed by atoms with E-state index < -0.39 is 5.54 Å². The van der Waals surface area contributed by atoms with Gasteiger partial charge in [-0.3, -0.25) is 10.1 Å². The highest BCUT2D eigenvalue weighted by Crippen LogP contribution is 2.43. The summed E-state index contributed by atoms with van der Waals surface area (Å²) in [5, 5.41) is 5.74. The van der Waals surface area contributed by atoms with Gasteiger partial charge in [0.25, 0.3) is 0 Å². The number of nitrogens with one attached hydrogen (secondary N) is 1. The average molecular weight is 313 g/mol. The van der Waals surface area contributed by atoms with Gasteiger partial charge in [-0.1, -0.05) is 72.8 Å². The molecule has 118 valence electrons. The third kappa shape index (κ3) is 2.11. The van der Waals surface area contributed by atoms with Gasteiger partial charge in [-0.15, -0.1) is 6.58 Å². The molecule has 1 unspecified atom stereocenters. The molecule has 0 saturated heterocycles. The Labute approximate surface area is 141 Å². The van der Waals surface area contributed by atoms with Gasteiger partial charge in [0.2, 0.25) is 0 Å². The molecule has 1 N–H and O–H groups in total. The van der Waals surface area contributed by atoms with E-state index in [-0.39, 0.29) is 5.78 Å². The second-order valence-electron chi connectivity index (χ2n) is 6.28. The van der Waals surface area contributed by atoms with Crippen molar-refractivity contribution < 1.29 is 4.79 Å². The zero-order valence-corrected chi connectivity index (χ0v) is 13.5. The average Bonchev–Trinajstić information content (AvgIpc) is 2.87. The standard InChI is InChI=1S/C22H19NO/c1-2-14-22(23-15-16-8-4-3-5-9-16)19-13-7-11-17-10-6-12-18(20(17)19)21(22)24/h2-13,23H,1,14-15H2. The molecule has 1 aliphatic carbocycles. The SMILES string of the molecule is C=CCC1(NCc2ccccc2)C(=O)c2cccc3cccc1c23. The van der Waals surface area contributed by atoms with Crippen molar-refractivity contribution in [3.63, 3.8) is 0 Å². The summed E-state index contributed by atoms with van der Waals surface area (Å²) < 4.78 is 0. The fraction of sp³-hybridized carbons (Fsp3) is 0.136. The maximum atomic E-state index is 13.3. The molecule has 0 heterocycles.